The highest BCUT2D eigenvalue weighted by Crippen LogP contribution is 2.17. The number of rotatable bonds is 2. The highest BCUT2D eigenvalue weighted by molar-refractivity contribution is 7.07. The summed E-state index contributed by atoms with van der Waals surface area (Å²) >= 11 is 1.46. The summed E-state index contributed by atoms with van der Waals surface area (Å²) in [6, 6.07) is 0.363. The molecule has 1 aromatic heterocycles. The van der Waals surface area contributed by atoms with Crippen molar-refractivity contribution in [2.75, 3.05) is 0 Å². The van der Waals surface area contributed by atoms with Crippen LogP contribution >= 0.6 is 11.3 Å². The van der Waals surface area contributed by atoms with Crippen molar-refractivity contribution < 1.29 is 4.79 Å². The van der Waals surface area contributed by atoms with E-state index in [1.165, 1.54) is 37.0 Å². The van der Waals surface area contributed by atoms with Crippen molar-refractivity contribution in [2.45, 2.75) is 44.6 Å². The van der Waals surface area contributed by atoms with Gasteiger partial charge in [0.1, 0.15) is 5.69 Å². The van der Waals surface area contributed by atoms with Crippen molar-refractivity contribution in [3.8, 4) is 0 Å². The molecule has 0 bridgehead atoms. The molecule has 1 fully saturated rings. The van der Waals surface area contributed by atoms with Crippen LogP contribution < -0.4 is 5.32 Å². The van der Waals surface area contributed by atoms with Crippen LogP contribution in [-0.2, 0) is 0 Å². The Labute approximate surface area is 93.9 Å². The van der Waals surface area contributed by atoms with Gasteiger partial charge in [-0.1, -0.05) is 25.7 Å². The maximum atomic E-state index is 11.7. The van der Waals surface area contributed by atoms with Gasteiger partial charge in [-0.15, -0.1) is 11.3 Å². The fourth-order valence-electron chi connectivity index (χ4n) is 2.01. The normalized spacial score (nSPS) is 18.4. The van der Waals surface area contributed by atoms with Gasteiger partial charge in [0.15, 0.2) is 0 Å². The van der Waals surface area contributed by atoms with Gasteiger partial charge in [-0.05, 0) is 12.8 Å². The molecule has 0 aliphatic heterocycles. The minimum absolute atomic E-state index is 0.0110. The van der Waals surface area contributed by atoms with Gasteiger partial charge < -0.3 is 5.32 Å². The predicted molar refractivity (Wildman–Crippen MR) is 61.1 cm³/mol. The molecule has 1 N–H and O–H groups in total. The molecule has 0 aromatic carbocycles. The molecule has 1 heterocycles. The Morgan fingerprint density at radius 1 is 1.33 bits per heavy atom. The van der Waals surface area contributed by atoms with Gasteiger partial charge in [0.25, 0.3) is 5.91 Å². The van der Waals surface area contributed by atoms with Crippen molar-refractivity contribution in [3.05, 3.63) is 16.6 Å². The first-order valence-electron chi connectivity index (χ1n) is 5.55. The molecule has 0 atom stereocenters. The Balaban J connectivity index is 1.87. The van der Waals surface area contributed by atoms with Gasteiger partial charge in [-0.2, -0.15) is 0 Å². The summed E-state index contributed by atoms with van der Waals surface area (Å²) in [5.41, 5.74) is 2.26. The van der Waals surface area contributed by atoms with Crippen LogP contribution in [0.3, 0.4) is 0 Å². The molecule has 15 heavy (non-hydrogen) atoms. The lowest BCUT2D eigenvalue weighted by atomic mass is 10.1. The fraction of sp³-hybridized carbons (Fsp3) is 0.636. The van der Waals surface area contributed by atoms with E-state index in [-0.39, 0.29) is 5.91 Å². The van der Waals surface area contributed by atoms with E-state index in [1.807, 2.05) is 0 Å². The van der Waals surface area contributed by atoms with Gasteiger partial charge in [0.2, 0.25) is 0 Å². The lowest BCUT2D eigenvalue weighted by Gasteiger charge is -2.14. The highest BCUT2D eigenvalue weighted by Gasteiger charge is 2.16. The van der Waals surface area contributed by atoms with Crippen molar-refractivity contribution >= 4 is 17.2 Å². The van der Waals surface area contributed by atoms with Crippen LogP contribution in [0.5, 0.6) is 0 Å². The quantitative estimate of drug-likeness (QED) is 0.785. The average molecular weight is 224 g/mol. The number of hydrogen-bond donors (Lipinski definition) is 1. The third kappa shape index (κ3) is 3.02. The Bertz CT molecular complexity index is 302. The first-order valence-corrected chi connectivity index (χ1v) is 6.49. The van der Waals surface area contributed by atoms with Gasteiger partial charge in [-0.25, -0.2) is 4.98 Å². The zero-order valence-corrected chi connectivity index (χ0v) is 9.55. The zero-order valence-electron chi connectivity index (χ0n) is 8.74. The lowest BCUT2D eigenvalue weighted by Crippen LogP contribution is -2.34. The molecule has 82 valence electrons. The molecule has 0 saturated heterocycles. The van der Waals surface area contributed by atoms with E-state index in [4.69, 9.17) is 0 Å². The van der Waals surface area contributed by atoms with Crippen LogP contribution in [0.15, 0.2) is 10.9 Å². The molecular weight excluding hydrogens is 208 g/mol. The minimum atomic E-state index is -0.0110. The van der Waals surface area contributed by atoms with Crippen LogP contribution in [0.1, 0.15) is 49.0 Å². The number of amides is 1. The van der Waals surface area contributed by atoms with Crippen molar-refractivity contribution in [1.82, 2.24) is 10.3 Å². The molecule has 0 unspecified atom stereocenters. The fourth-order valence-corrected chi connectivity index (χ4v) is 2.54. The van der Waals surface area contributed by atoms with Gasteiger partial charge >= 0.3 is 0 Å². The third-order valence-corrected chi connectivity index (χ3v) is 3.44. The van der Waals surface area contributed by atoms with Crippen LogP contribution in [0.4, 0.5) is 0 Å². The molecule has 1 aromatic rings. The van der Waals surface area contributed by atoms with Crippen LogP contribution in [-0.4, -0.2) is 16.9 Å². The molecule has 1 aliphatic rings. The molecule has 1 amide bonds. The molecule has 0 spiro atoms. The number of hydrogen-bond acceptors (Lipinski definition) is 3. The van der Waals surface area contributed by atoms with E-state index in [1.54, 1.807) is 10.9 Å². The molecule has 0 radical (unpaired) electrons. The third-order valence-electron chi connectivity index (χ3n) is 2.86. The zero-order chi connectivity index (χ0) is 10.5. The Morgan fingerprint density at radius 2 is 2.07 bits per heavy atom. The van der Waals surface area contributed by atoms with Gasteiger partial charge in [0, 0.05) is 11.4 Å². The summed E-state index contributed by atoms with van der Waals surface area (Å²) in [5, 5.41) is 4.86. The number of thiazole rings is 1. The second-order valence-corrected chi connectivity index (χ2v) is 4.75. The number of carbonyl (C=O) groups excluding carboxylic acids is 1. The van der Waals surface area contributed by atoms with Crippen LogP contribution in [0.25, 0.3) is 0 Å². The van der Waals surface area contributed by atoms with Crippen molar-refractivity contribution in [2.24, 2.45) is 0 Å². The van der Waals surface area contributed by atoms with Crippen LogP contribution in [0, 0.1) is 0 Å². The molecule has 2 rings (SSSR count). The molecular formula is C11H16N2OS. The maximum absolute atomic E-state index is 11.7. The second kappa shape index (κ2) is 5.26. The Hall–Kier alpha value is -0.900. The Morgan fingerprint density at radius 3 is 2.67 bits per heavy atom. The summed E-state index contributed by atoms with van der Waals surface area (Å²) in [5.74, 6) is -0.0110. The predicted octanol–water partition coefficient (Wildman–Crippen LogP) is 2.60. The smallest absolute Gasteiger partial charge is 0.270 e. The first-order chi connectivity index (χ1) is 7.36. The number of aromatic nitrogens is 1. The Kier molecular flexibility index (Phi) is 3.72. The molecule has 1 saturated carbocycles. The topological polar surface area (TPSA) is 42.0 Å². The second-order valence-electron chi connectivity index (χ2n) is 4.04. The lowest BCUT2D eigenvalue weighted by molar-refractivity contribution is 0.0929. The number of nitrogens with one attached hydrogen (secondary N) is 1. The van der Waals surface area contributed by atoms with E-state index < -0.39 is 0 Å². The van der Waals surface area contributed by atoms with E-state index in [0.29, 0.717) is 11.7 Å². The van der Waals surface area contributed by atoms with Crippen molar-refractivity contribution in [3.63, 3.8) is 0 Å². The molecule has 1 aliphatic carbocycles. The summed E-state index contributed by atoms with van der Waals surface area (Å²) in [4.78, 5) is 15.7. The SMILES string of the molecule is O=C(NC1CCCCCC1)c1cscn1. The van der Waals surface area contributed by atoms with Crippen molar-refractivity contribution in [1.29, 1.82) is 0 Å². The van der Waals surface area contributed by atoms with Crippen LogP contribution in [0.2, 0.25) is 0 Å². The minimum Gasteiger partial charge on any atom is -0.348 e. The van der Waals surface area contributed by atoms with Gasteiger partial charge in [-0.3, -0.25) is 4.79 Å². The van der Waals surface area contributed by atoms with Gasteiger partial charge in [0.05, 0.1) is 5.51 Å². The standard InChI is InChI=1S/C11H16N2OS/c14-11(10-7-15-8-12-10)13-9-5-3-1-2-4-6-9/h7-9H,1-6H2,(H,13,14). The van der Waals surface area contributed by atoms with E-state index in [9.17, 15) is 4.79 Å². The van der Waals surface area contributed by atoms with E-state index >= 15 is 0 Å². The highest BCUT2D eigenvalue weighted by atomic mass is 32.1. The maximum Gasteiger partial charge on any atom is 0.270 e. The number of nitrogens with zero attached hydrogens (tertiary/aromatic N) is 1. The monoisotopic (exact) mass is 224 g/mol. The molecule has 4 heteroatoms. The summed E-state index contributed by atoms with van der Waals surface area (Å²) in [6.45, 7) is 0. The largest absolute Gasteiger partial charge is 0.348 e. The summed E-state index contributed by atoms with van der Waals surface area (Å²) in [7, 11) is 0. The number of carbonyl (C=O) groups is 1. The van der Waals surface area contributed by atoms with E-state index in [0.717, 1.165) is 12.8 Å². The summed E-state index contributed by atoms with van der Waals surface area (Å²) in [6.07, 6.45) is 7.34. The summed E-state index contributed by atoms with van der Waals surface area (Å²) < 4.78 is 0. The van der Waals surface area contributed by atoms with E-state index in [2.05, 4.69) is 10.3 Å². The first kappa shape index (κ1) is 10.6. The average Bonchev–Trinajstić information content (AvgIpc) is 2.65. The molecule has 3 nitrogen and oxygen atoms in total.